The van der Waals surface area contributed by atoms with Crippen LogP contribution in [0.2, 0.25) is 0 Å². The van der Waals surface area contributed by atoms with Crippen molar-refractivity contribution in [2.45, 2.75) is 25.9 Å². The van der Waals surface area contributed by atoms with Crippen LogP contribution in [0.4, 0.5) is 15.5 Å². The van der Waals surface area contributed by atoms with Crippen molar-refractivity contribution in [3.63, 3.8) is 0 Å². The smallest absolute Gasteiger partial charge is 0.327 e. The van der Waals surface area contributed by atoms with E-state index in [9.17, 15) is 9.18 Å². The molecule has 1 aliphatic rings. The lowest BCUT2D eigenvalue weighted by atomic mass is 10.2. The molecule has 0 radical (unpaired) electrons. The van der Waals surface area contributed by atoms with Crippen LogP contribution in [-0.2, 0) is 4.74 Å². The van der Waals surface area contributed by atoms with Crippen molar-refractivity contribution in [3.8, 4) is 22.5 Å². The van der Waals surface area contributed by atoms with E-state index in [1.807, 2.05) is 18.7 Å². The predicted molar refractivity (Wildman–Crippen MR) is 122 cm³/mol. The number of nitrogen functional groups attached to an aromatic ring is 1. The molecule has 1 aromatic carbocycles. The number of halogens is 1. The van der Waals surface area contributed by atoms with E-state index in [1.165, 1.54) is 28.4 Å². The SMILES string of the molecule is C[C@H]1COC[C@H](C)N1c1nc(Oc2ccc(C(=O)N(C)C)cc2F)nc(-c2cnc(N)s2)n1. The first kappa shape index (κ1) is 22.8. The number of aromatic nitrogens is 4. The number of morpholine rings is 1. The molecule has 0 unspecified atom stereocenters. The van der Waals surface area contributed by atoms with Crippen LogP contribution in [0.25, 0.3) is 10.7 Å². The Balaban J connectivity index is 1.72. The van der Waals surface area contributed by atoms with Crippen LogP contribution in [0, 0.1) is 5.82 Å². The lowest BCUT2D eigenvalue weighted by Crippen LogP contribution is -2.50. The maximum atomic E-state index is 14.7. The molecule has 3 heterocycles. The Morgan fingerprint density at radius 2 is 1.97 bits per heavy atom. The summed E-state index contributed by atoms with van der Waals surface area (Å²) in [5, 5.41) is 0.370. The van der Waals surface area contributed by atoms with Gasteiger partial charge in [0.1, 0.15) is 0 Å². The van der Waals surface area contributed by atoms with E-state index in [1.54, 1.807) is 20.3 Å². The Kier molecular flexibility index (Phi) is 6.38. The minimum atomic E-state index is -0.707. The quantitative estimate of drug-likeness (QED) is 0.596. The first-order valence-electron chi connectivity index (χ1n) is 10.3. The minimum absolute atomic E-state index is 0.0106. The van der Waals surface area contributed by atoms with E-state index in [4.69, 9.17) is 15.2 Å². The van der Waals surface area contributed by atoms with Gasteiger partial charge in [-0.15, -0.1) is 0 Å². The summed E-state index contributed by atoms with van der Waals surface area (Å²) in [5.41, 5.74) is 5.99. The normalized spacial score (nSPS) is 18.3. The van der Waals surface area contributed by atoms with Gasteiger partial charge in [0.2, 0.25) is 5.95 Å². The van der Waals surface area contributed by atoms with Gasteiger partial charge in [-0.25, -0.2) is 9.37 Å². The highest BCUT2D eigenvalue weighted by atomic mass is 32.1. The van der Waals surface area contributed by atoms with E-state index in [2.05, 4.69) is 19.9 Å². The number of amides is 1. The standard InChI is InChI=1S/C21H24FN7O3S/c1-11-9-31-10-12(2)29(11)20-25-17(16-8-24-19(23)33-16)26-21(27-20)32-15-6-5-13(7-14(15)22)18(30)28(3)4/h5-8,11-12H,9-10H2,1-4H3,(H2,23,24)/t11-,12-/m0/s1. The van der Waals surface area contributed by atoms with Crippen molar-refractivity contribution in [2.75, 3.05) is 37.9 Å². The van der Waals surface area contributed by atoms with E-state index in [0.717, 1.165) is 6.07 Å². The fourth-order valence-corrected chi connectivity index (χ4v) is 4.10. The molecule has 4 rings (SSSR count). The Bertz CT molecular complexity index is 1160. The summed E-state index contributed by atoms with van der Waals surface area (Å²) >= 11 is 1.22. The molecule has 2 N–H and O–H groups in total. The maximum Gasteiger partial charge on any atom is 0.327 e. The molecule has 0 bridgehead atoms. The summed E-state index contributed by atoms with van der Waals surface area (Å²) < 4.78 is 26.1. The van der Waals surface area contributed by atoms with Crippen LogP contribution < -0.4 is 15.4 Å². The highest BCUT2D eigenvalue weighted by Crippen LogP contribution is 2.31. The second-order valence-corrected chi connectivity index (χ2v) is 8.96. The van der Waals surface area contributed by atoms with Gasteiger partial charge in [-0.1, -0.05) is 11.3 Å². The van der Waals surface area contributed by atoms with Gasteiger partial charge in [0, 0.05) is 19.7 Å². The van der Waals surface area contributed by atoms with Crippen molar-refractivity contribution >= 4 is 28.3 Å². The zero-order valence-electron chi connectivity index (χ0n) is 18.6. The summed E-state index contributed by atoms with van der Waals surface area (Å²) in [6.07, 6.45) is 1.57. The number of hydrogen-bond donors (Lipinski definition) is 1. The molecular formula is C21H24FN7O3S. The van der Waals surface area contributed by atoms with Crippen molar-refractivity contribution in [1.82, 2.24) is 24.8 Å². The van der Waals surface area contributed by atoms with Gasteiger partial charge >= 0.3 is 6.01 Å². The Hall–Kier alpha value is -3.38. The topological polar surface area (TPSA) is 120 Å². The predicted octanol–water partition coefficient (Wildman–Crippen LogP) is 2.82. The fraction of sp³-hybridized carbons (Fsp3) is 0.381. The molecule has 3 aromatic rings. The molecule has 0 spiro atoms. The number of nitrogens with zero attached hydrogens (tertiary/aromatic N) is 6. The third-order valence-corrected chi connectivity index (χ3v) is 5.85. The molecule has 1 aliphatic heterocycles. The van der Waals surface area contributed by atoms with E-state index < -0.39 is 5.82 Å². The first-order valence-corrected chi connectivity index (χ1v) is 11.1. The summed E-state index contributed by atoms with van der Waals surface area (Å²) in [4.78, 5) is 33.6. The van der Waals surface area contributed by atoms with E-state index in [0.29, 0.717) is 35.0 Å². The number of nitrogens with two attached hydrogens (primary N) is 1. The number of benzene rings is 1. The number of ether oxygens (including phenoxy) is 2. The minimum Gasteiger partial charge on any atom is -0.421 e. The molecule has 10 nitrogen and oxygen atoms in total. The van der Waals surface area contributed by atoms with Gasteiger partial charge in [-0.05, 0) is 32.0 Å². The summed E-state index contributed by atoms with van der Waals surface area (Å²) in [5.74, 6) is -0.440. The summed E-state index contributed by atoms with van der Waals surface area (Å²) in [6.45, 7) is 5.05. The Morgan fingerprint density at radius 3 is 2.58 bits per heavy atom. The molecule has 0 aliphatic carbocycles. The largest absolute Gasteiger partial charge is 0.421 e. The molecule has 33 heavy (non-hydrogen) atoms. The number of carbonyl (C=O) groups is 1. The van der Waals surface area contributed by atoms with Crippen LogP contribution in [0.15, 0.2) is 24.4 Å². The number of rotatable bonds is 5. The van der Waals surface area contributed by atoms with Crippen LogP contribution in [0.1, 0.15) is 24.2 Å². The van der Waals surface area contributed by atoms with Gasteiger partial charge in [0.05, 0.1) is 36.4 Å². The van der Waals surface area contributed by atoms with Crippen molar-refractivity contribution in [2.24, 2.45) is 0 Å². The second kappa shape index (κ2) is 9.24. The van der Waals surface area contributed by atoms with Crippen molar-refractivity contribution in [3.05, 3.63) is 35.8 Å². The Labute approximate surface area is 194 Å². The summed E-state index contributed by atoms with van der Waals surface area (Å²) in [6, 6.07) is 3.92. The number of anilines is 2. The number of hydrogen-bond acceptors (Lipinski definition) is 10. The van der Waals surface area contributed by atoms with Gasteiger partial charge in [-0.3, -0.25) is 4.79 Å². The summed E-state index contributed by atoms with van der Waals surface area (Å²) in [7, 11) is 3.19. The molecule has 2 aromatic heterocycles. The molecule has 1 fully saturated rings. The molecule has 2 atom stereocenters. The lowest BCUT2D eigenvalue weighted by Gasteiger charge is -2.38. The van der Waals surface area contributed by atoms with Crippen LogP contribution in [0.5, 0.6) is 11.8 Å². The van der Waals surface area contributed by atoms with Crippen LogP contribution in [0.3, 0.4) is 0 Å². The first-order chi connectivity index (χ1) is 15.7. The maximum absolute atomic E-state index is 14.7. The zero-order valence-corrected chi connectivity index (χ0v) is 19.5. The zero-order chi connectivity index (χ0) is 23.7. The van der Waals surface area contributed by atoms with Gasteiger partial charge in [-0.2, -0.15) is 15.0 Å². The average Bonchev–Trinajstić information content (AvgIpc) is 3.21. The van der Waals surface area contributed by atoms with E-state index >= 15 is 0 Å². The highest BCUT2D eigenvalue weighted by molar-refractivity contribution is 7.18. The second-order valence-electron chi connectivity index (χ2n) is 7.89. The molecule has 174 valence electrons. The lowest BCUT2D eigenvalue weighted by molar-refractivity contribution is 0.0746. The molecular weight excluding hydrogens is 449 g/mol. The van der Waals surface area contributed by atoms with Gasteiger partial charge in [0.25, 0.3) is 5.91 Å². The number of thiazole rings is 1. The van der Waals surface area contributed by atoms with E-state index in [-0.39, 0.29) is 35.3 Å². The molecule has 1 saturated heterocycles. The average molecular weight is 474 g/mol. The van der Waals surface area contributed by atoms with Crippen LogP contribution in [-0.4, -0.2) is 70.1 Å². The van der Waals surface area contributed by atoms with Crippen molar-refractivity contribution in [1.29, 1.82) is 0 Å². The molecule has 1 amide bonds. The van der Waals surface area contributed by atoms with Crippen molar-refractivity contribution < 1.29 is 18.7 Å². The van der Waals surface area contributed by atoms with Gasteiger partial charge < -0.3 is 25.0 Å². The molecule has 0 saturated carbocycles. The fourth-order valence-electron chi connectivity index (χ4n) is 3.48. The molecule has 12 heteroatoms. The number of carbonyl (C=O) groups excluding carboxylic acids is 1. The third kappa shape index (κ3) is 4.86. The van der Waals surface area contributed by atoms with Crippen LogP contribution >= 0.6 is 11.3 Å². The monoisotopic (exact) mass is 473 g/mol. The van der Waals surface area contributed by atoms with Gasteiger partial charge in [0.15, 0.2) is 22.5 Å². The Morgan fingerprint density at radius 1 is 1.24 bits per heavy atom. The highest BCUT2D eigenvalue weighted by Gasteiger charge is 2.29. The third-order valence-electron chi connectivity index (χ3n) is 5.03.